The van der Waals surface area contributed by atoms with Crippen LogP contribution in [0, 0.1) is 0 Å². The molecular formula is C15H17N3O3S. The molecule has 2 aromatic rings. The Kier molecular flexibility index (Phi) is 5.11. The summed E-state index contributed by atoms with van der Waals surface area (Å²) in [6, 6.07) is 11.5. The third-order valence-electron chi connectivity index (χ3n) is 2.81. The average molecular weight is 319 g/mol. The van der Waals surface area contributed by atoms with Gasteiger partial charge in [-0.05, 0) is 50.2 Å². The van der Waals surface area contributed by atoms with E-state index < -0.39 is 10.0 Å². The van der Waals surface area contributed by atoms with Crippen LogP contribution in [-0.4, -0.2) is 25.7 Å². The maximum absolute atomic E-state index is 12.2. The van der Waals surface area contributed by atoms with Crippen molar-refractivity contribution >= 4 is 15.7 Å². The van der Waals surface area contributed by atoms with Crippen LogP contribution in [0.2, 0.25) is 0 Å². The number of ether oxygens (including phenoxy) is 1. The predicted molar refractivity (Wildman–Crippen MR) is 84.4 cm³/mol. The summed E-state index contributed by atoms with van der Waals surface area (Å²) in [5.74, 6) is 0.620. The molecule has 0 atom stereocenters. The highest BCUT2D eigenvalue weighted by Crippen LogP contribution is 2.15. The molecule has 0 fully saturated rings. The zero-order valence-electron chi connectivity index (χ0n) is 12.4. The summed E-state index contributed by atoms with van der Waals surface area (Å²) in [5.41, 5.74) is 1.09. The number of sulfonamides is 1. The summed E-state index contributed by atoms with van der Waals surface area (Å²) < 4.78 is 29.6. The lowest BCUT2D eigenvalue weighted by Gasteiger charge is -2.06. The van der Waals surface area contributed by atoms with Gasteiger partial charge in [0.15, 0.2) is 0 Å². The Morgan fingerprint density at radius 2 is 1.95 bits per heavy atom. The van der Waals surface area contributed by atoms with Crippen LogP contribution in [-0.2, 0) is 10.0 Å². The Morgan fingerprint density at radius 3 is 2.55 bits per heavy atom. The smallest absolute Gasteiger partial charge is 0.276 e. The maximum Gasteiger partial charge on any atom is 0.276 e. The fraction of sp³-hybridized carbons (Fsp3) is 0.200. The summed E-state index contributed by atoms with van der Waals surface area (Å²) in [6.07, 6.45) is 1.62. The molecule has 0 saturated heterocycles. The summed E-state index contributed by atoms with van der Waals surface area (Å²) in [7, 11) is -3.72. The van der Waals surface area contributed by atoms with E-state index in [2.05, 4.69) is 14.9 Å². The maximum atomic E-state index is 12.2. The summed E-state index contributed by atoms with van der Waals surface area (Å²) in [6.45, 7) is 4.07. The fourth-order valence-electron chi connectivity index (χ4n) is 1.70. The molecule has 0 saturated carbocycles. The molecule has 1 aromatic heterocycles. The standard InChI is InChI=1S/C15H17N3O3S/c1-3-21-13-7-9-14(10-8-13)22(19,20)18-17-12(2)15-6-4-5-11-16-15/h4-11,18H,3H2,1-2H3/b17-12-. The lowest BCUT2D eigenvalue weighted by molar-refractivity contribution is 0.340. The average Bonchev–Trinajstić information content (AvgIpc) is 2.54. The van der Waals surface area contributed by atoms with Gasteiger partial charge in [-0.2, -0.15) is 18.4 Å². The minimum Gasteiger partial charge on any atom is -0.494 e. The molecule has 1 heterocycles. The third kappa shape index (κ3) is 4.05. The molecule has 116 valence electrons. The van der Waals surface area contributed by atoms with Crippen molar-refractivity contribution in [3.8, 4) is 5.75 Å². The molecule has 2 rings (SSSR count). The molecule has 0 bridgehead atoms. The van der Waals surface area contributed by atoms with Gasteiger partial charge in [0.1, 0.15) is 5.75 Å². The molecule has 0 spiro atoms. The highest BCUT2D eigenvalue weighted by Gasteiger charge is 2.13. The molecule has 7 heteroatoms. The quantitative estimate of drug-likeness (QED) is 0.653. The van der Waals surface area contributed by atoms with E-state index in [-0.39, 0.29) is 4.90 Å². The molecule has 0 amide bonds. The minimum atomic E-state index is -3.72. The lowest BCUT2D eigenvalue weighted by atomic mass is 10.3. The molecule has 0 aliphatic rings. The first-order valence-electron chi connectivity index (χ1n) is 6.73. The number of nitrogens with zero attached hydrogens (tertiary/aromatic N) is 2. The van der Waals surface area contributed by atoms with Crippen molar-refractivity contribution in [2.24, 2.45) is 5.10 Å². The Hall–Kier alpha value is -2.41. The first-order valence-corrected chi connectivity index (χ1v) is 8.21. The normalized spacial score (nSPS) is 12.0. The number of hydrazone groups is 1. The van der Waals surface area contributed by atoms with Crippen LogP contribution in [0.15, 0.2) is 58.7 Å². The van der Waals surface area contributed by atoms with E-state index in [1.54, 1.807) is 37.4 Å². The number of rotatable bonds is 6. The zero-order chi connectivity index (χ0) is 16.0. The van der Waals surface area contributed by atoms with E-state index >= 15 is 0 Å². The highest BCUT2D eigenvalue weighted by molar-refractivity contribution is 7.89. The number of hydrogen-bond acceptors (Lipinski definition) is 5. The van der Waals surface area contributed by atoms with E-state index in [1.807, 2.05) is 13.0 Å². The van der Waals surface area contributed by atoms with Crippen molar-refractivity contribution < 1.29 is 13.2 Å². The second kappa shape index (κ2) is 7.04. The number of aromatic nitrogens is 1. The van der Waals surface area contributed by atoms with Crippen LogP contribution in [0.5, 0.6) is 5.75 Å². The van der Waals surface area contributed by atoms with Crippen molar-refractivity contribution in [2.45, 2.75) is 18.7 Å². The summed E-state index contributed by atoms with van der Waals surface area (Å²) in [4.78, 5) is 6.43. The SMILES string of the molecule is CCOc1ccc(S(=O)(=O)N/N=C(/C)c2ccccn2)cc1. The van der Waals surface area contributed by atoms with E-state index in [9.17, 15) is 8.42 Å². The fourth-order valence-corrected chi connectivity index (χ4v) is 2.55. The lowest BCUT2D eigenvalue weighted by Crippen LogP contribution is -2.20. The predicted octanol–water partition coefficient (Wildman–Crippen LogP) is 2.18. The second-order valence-electron chi connectivity index (χ2n) is 4.41. The Balaban J connectivity index is 2.14. The number of nitrogens with one attached hydrogen (secondary N) is 1. The van der Waals surface area contributed by atoms with Crippen molar-refractivity contribution in [3.05, 3.63) is 54.4 Å². The van der Waals surface area contributed by atoms with Crippen LogP contribution in [0.3, 0.4) is 0 Å². The monoisotopic (exact) mass is 319 g/mol. The van der Waals surface area contributed by atoms with E-state index in [0.717, 1.165) is 0 Å². The Bertz CT molecular complexity index is 741. The molecule has 0 aliphatic carbocycles. The van der Waals surface area contributed by atoms with Crippen LogP contribution >= 0.6 is 0 Å². The molecule has 0 radical (unpaired) electrons. The molecule has 1 N–H and O–H groups in total. The van der Waals surface area contributed by atoms with Gasteiger partial charge in [-0.15, -0.1) is 0 Å². The molecule has 6 nitrogen and oxygen atoms in total. The molecule has 1 aromatic carbocycles. The van der Waals surface area contributed by atoms with Gasteiger partial charge >= 0.3 is 0 Å². The summed E-state index contributed by atoms with van der Waals surface area (Å²) >= 11 is 0. The number of hydrogen-bond donors (Lipinski definition) is 1. The van der Waals surface area contributed by atoms with Gasteiger partial charge in [-0.25, -0.2) is 0 Å². The van der Waals surface area contributed by atoms with Gasteiger partial charge in [0.05, 0.1) is 22.9 Å². The van der Waals surface area contributed by atoms with Crippen LogP contribution in [0.4, 0.5) is 0 Å². The topological polar surface area (TPSA) is 80.7 Å². The van der Waals surface area contributed by atoms with Crippen molar-refractivity contribution in [1.29, 1.82) is 0 Å². The Labute approximate surface area is 129 Å². The second-order valence-corrected chi connectivity index (χ2v) is 6.07. The van der Waals surface area contributed by atoms with Crippen LogP contribution in [0.1, 0.15) is 19.5 Å². The van der Waals surface area contributed by atoms with Gasteiger partial charge in [-0.3, -0.25) is 4.98 Å². The van der Waals surface area contributed by atoms with E-state index in [4.69, 9.17) is 4.74 Å². The van der Waals surface area contributed by atoms with Crippen LogP contribution < -0.4 is 9.57 Å². The van der Waals surface area contributed by atoms with Gasteiger partial charge in [0, 0.05) is 6.20 Å². The van der Waals surface area contributed by atoms with E-state index in [0.29, 0.717) is 23.8 Å². The van der Waals surface area contributed by atoms with Gasteiger partial charge in [0.25, 0.3) is 10.0 Å². The van der Waals surface area contributed by atoms with E-state index in [1.165, 1.54) is 12.1 Å². The molecule has 22 heavy (non-hydrogen) atoms. The Morgan fingerprint density at radius 1 is 1.23 bits per heavy atom. The van der Waals surface area contributed by atoms with Crippen molar-refractivity contribution in [1.82, 2.24) is 9.82 Å². The van der Waals surface area contributed by atoms with Gasteiger partial charge in [0.2, 0.25) is 0 Å². The van der Waals surface area contributed by atoms with Crippen molar-refractivity contribution in [3.63, 3.8) is 0 Å². The molecule has 0 unspecified atom stereocenters. The van der Waals surface area contributed by atoms with Crippen LogP contribution in [0.25, 0.3) is 0 Å². The first-order chi connectivity index (χ1) is 10.5. The largest absolute Gasteiger partial charge is 0.494 e. The number of benzene rings is 1. The third-order valence-corrected chi connectivity index (χ3v) is 4.04. The van der Waals surface area contributed by atoms with Gasteiger partial charge in [-0.1, -0.05) is 6.07 Å². The molecular weight excluding hydrogens is 302 g/mol. The molecule has 0 aliphatic heterocycles. The number of pyridine rings is 1. The minimum absolute atomic E-state index is 0.119. The van der Waals surface area contributed by atoms with Crippen molar-refractivity contribution in [2.75, 3.05) is 6.61 Å². The highest BCUT2D eigenvalue weighted by atomic mass is 32.2. The summed E-state index contributed by atoms with van der Waals surface area (Å²) in [5, 5.41) is 3.89. The zero-order valence-corrected chi connectivity index (χ0v) is 13.2. The first kappa shape index (κ1) is 16.0. The van der Waals surface area contributed by atoms with Gasteiger partial charge < -0.3 is 4.74 Å².